The number of amides is 1. The van der Waals surface area contributed by atoms with Crippen LogP contribution in [0.15, 0.2) is 78.2 Å². The Morgan fingerprint density at radius 1 is 1.03 bits per heavy atom. The number of nitrogens with one attached hydrogen (secondary N) is 1. The van der Waals surface area contributed by atoms with Crippen LogP contribution in [0.4, 0.5) is 5.69 Å². The van der Waals surface area contributed by atoms with Crippen LogP contribution in [-0.2, 0) is 0 Å². The van der Waals surface area contributed by atoms with Crippen molar-refractivity contribution in [1.29, 1.82) is 0 Å². The molecule has 0 aliphatic carbocycles. The summed E-state index contributed by atoms with van der Waals surface area (Å²) in [6.07, 6.45) is 2.29. The molecule has 1 aliphatic heterocycles. The van der Waals surface area contributed by atoms with E-state index in [4.69, 9.17) is 0 Å². The average Bonchev–Trinajstić information content (AvgIpc) is 3.33. The number of rotatable bonds is 6. The van der Waals surface area contributed by atoms with E-state index in [1.165, 1.54) is 16.9 Å². The van der Waals surface area contributed by atoms with Crippen molar-refractivity contribution in [2.24, 2.45) is 5.92 Å². The van der Waals surface area contributed by atoms with E-state index in [1.54, 1.807) is 0 Å². The predicted octanol–water partition coefficient (Wildman–Crippen LogP) is 5.57. The fourth-order valence-electron chi connectivity index (χ4n) is 4.50. The molecule has 0 bridgehead atoms. The smallest absolute Gasteiger partial charge is 0.268 e. The van der Waals surface area contributed by atoms with E-state index in [-0.39, 0.29) is 17.9 Å². The number of piperidine rings is 1. The zero-order chi connectivity index (χ0) is 20.1. The van der Waals surface area contributed by atoms with Gasteiger partial charge in [0.25, 0.3) is 5.91 Å². The second kappa shape index (κ2) is 9.38. The van der Waals surface area contributed by atoms with Gasteiger partial charge in [0.1, 0.15) is 0 Å². The summed E-state index contributed by atoms with van der Waals surface area (Å²) in [5.41, 5.74) is 2.26. The molecule has 1 saturated heterocycles. The molecule has 1 amide bonds. The van der Waals surface area contributed by atoms with E-state index in [0.29, 0.717) is 5.92 Å². The molecule has 1 aliphatic rings. The highest BCUT2D eigenvalue weighted by atomic mass is 32.1. The first kappa shape index (κ1) is 19.9. The third kappa shape index (κ3) is 4.44. The molecular formula is C25H28N2OS. The lowest BCUT2D eigenvalue weighted by Crippen LogP contribution is -2.51. The van der Waals surface area contributed by atoms with E-state index >= 15 is 0 Å². The number of hydrogen-bond donors (Lipinski definition) is 1. The van der Waals surface area contributed by atoms with Crippen LogP contribution in [0.1, 0.15) is 40.9 Å². The lowest BCUT2D eigenvalue weighted by atomic mass is 9.79. The first-order valence-electron chi connectivity index (χ1n) is 10.4. The van der Waals surface area contributed by atoms with Gasteiger partial charge in [-0.25, -0.2) is 0 Å². The second-order valence-corrected chi connectivity index (χ2v) is 8.73. The van der Waals surface area contributed by atoms with Gasteiger partial charge in [-0.15, -0.1) is 11.3 Å². The van der Waals surface area contributed by atoms with E-state index in [1.807, 2.05) is 35.7 Å². The molecule has 0 spiro atoms. The number of carbonyl (C=O) groups excluding carboxylic acids is 1. The third-order valence-corrected chi connectivity index (χ3v) is 6.80. The highest BCUT2D eigenvalue weighted by Crippen LogP contribution is 2.36. The Morgan fingerprint density at radius 3 is 2.38 bits per heavy atom. The zero-order valence-electron chi connectivity index (χ0n) is 16.8. The molecule has 2 aromatic carbocycles. The maximum absolute atomic E-state index is 13.7. The van der Waals surface area contributed by atoms with Gasteiger partial charge in [-0.05, 0) is 61.0 Å². The fourth-order valence-corrected chi connectivity index (χ4v) is 5.16. The normalized spacial score (nSPS) is 18.7. The van der Waals surface area contributed by atoms with Crippen LogP contribution in [0.3, 0.4) is 0 Å². The molecule has 4 rings (SSSR count). The summed E-state index contributed by atoms with van der Waals surface area (Å²) in [6, 6.07) is 24.8. The van der Waals surface area contributed by atoms with Gasteiger partial charge in [-0.2, -0.15) is 0 Å². The van der Waals surface area contributed by atoms with Gasteiger partial charge in [-0.1, -0.05) is 61.5 Å². The largest absolute Gasteiger partial charge is 0.316 e. The van der Waals surface area contributed by atoms with Crippen LogP contribution in [0, 0.1) is 5.92 Å². The van der Waals surface area contributed by atoms with E-state index < -0.39 is 0 Å². The Labute approximate surface area is 177 Å². The number of thiophene rings is 1. The molecule has 4 heteroatoms. The summed E-state index contributed by atoms with van der Waals surface area (Å²) in [4.78, 5) is 16.6. The monoisotopic (exact) mass is 404 g/mol. The van der Waals surface area contributed by atoms with Gasteiger partial charge < -0.3 is 10.2 Å². The van der Waals surface area contributed by atoms with Crippen molar-refractivity contribution in [3.05, 3.63) is 88.6 Å². The van der Waals surface area contributed by atoms with Crippen molar-refractivity contribution in [3.63, 3.8) is 0 Å². The Balaban J connectivity index is 1.79. The van der Waals surface area contributed by atoms with Crippen LogP contribution in [0.2, 0.25) is 0 Å². The van der Waals surface area contributed by atoms with Gasteiger partial charge in [-0.3, -0.25) is 4.79 Å². The number of carbonyl (C=O) groups is 1. The van der Waals surface area contributed by atoms with Crippen molar-refractivity contribution < 1.29 is 4.79 Å². The zero-order valence-corrected chi connectivity index (χ0v) is 17.6. The molecule has 1 aromatic heterocycles. The van der Waals surface area contributed by atoms with Crippen molar-refractivity contribution in [1.82, 2.24) is 5.32 Å². The molecular weight excluding hydrogens is 376 g/mol. The van der Waals surface area contributed by atoms with Crippen LogP contribution >= 0.6 is 11.3 Å². The van der Waals surface area contributed by atoms with Gasteiger partial charge in [0.15, 0.2) is 0 Å². The Bertz CT molecular complexity index is 889. The minimum atomic E-state index is 0.0854. The fraction of sp³-hybridized carbons (Fsp3) is 0.320. The minimum Gasteiger partial charge on any atom is -0.316 e. The van der Waals surface area contributed by atoms with Gasteiger partial charge in [0.2, 0.25) is 0 Å². The highest BCUT2D eigenvalue weighted by molar-refractivity contribution is 7.12. The summed E-state index contributed by atoms with van der Waals surface area (Å²) in [5, 5.41) is 5.55. The number of para-hydroxylation sites is 1. The molecule has 3 nitrogen and oxygen atoms in total. The summed E-state index contributed by atoms with van der Waals surface area (Å²) in [6.45, 7) is 4.28. The first-order valence-corrected chi connectivity index (χ1v) is 11.3. The van der Waals surface area contributed by atoms with Gasteiger partial charge in [0, 0.05) is 17.6 Å². The average molecular weight is 405 g/mol. The topological polar surface area (TPSA) is 32.3 Å². The molecule has 150 valence electrons. The van der Waals surface area contributed by atoms with Crippen molar-refractivity contribution in [2.45, 2.75) is 31.7 Å². The van der Waals surface area contributed by atoms with Crippen LogP contribution in [0.5, 0.6) is 0 Å². The lowest BCUT2D eigenvalue weighted by Gasteiger charge is -2.42. The standard InChI is InChI=1S/C25H28N2OS/c1-19(20-10-4-2-5-11-20)24(21-12-8-16-26-18-21)27(22-13-6-3-7-14-22)25(28)23-15-9-17-29-23/h2-7,9-11,13-15,17,19,21,24,26H,8,12,16,18H2,1H3. The van der Waals surface area contributed by atoms with Gasteiger partial charge >= 0.3 is 0 Å². The summed E-state index contributed by atoms with van der Waals surface area (Å²) >= 11 is 1.52. The molecule has 2 heterocycles. The molecule has 3 unspecified atom stereocenters. The third-order valence-electron chi connectivity index (χ3n) is 5.94. The molecule has 3 atom stereocenters. The van der Waals surface area contributed by atoms with Crippen molar-refractivity contribution in [2.75, 3.05) is 18.0 Å². The summed E-state index contributed by atoms with van der Waals surface area (Å²) in [7, 11) is 0. The Morgan fingerprint density at radius 2 is 1.76 bits per heavy atom. The molecule has 1 fully saturated rings. The highest BCUT2D eigenvalue weighted by Gasteiger charge is 2.37. The maximum Gasteiger partial charge on any atom is 0.268 e. The minimum absolute atomic E-state index is 0.0854. The molecule has 29 heavy (non-hydrogen) atoms. The molecule has 0 radical (unpaired) electrons. The van der Waals surface area contributed by atoms with Crippen molar-refractivity contribution >= 4 is 22.9 Å². The SMILES string of the molecule is CC(c1ccccc1)C(C1CCCNC1)N(C(=O)c1cccs1)c1ccccc1. The Hall–Kier alpha value is -2.43. The van der Waals surface area contributed by atoms with Crippen LogP contribution in [-0.4, -0.2) is 25.0 Å². The van der Waals surface area contributed by atoms with E-state index in [2.05, 4.69) is 59.6 Å². The van der Waals surface area contributed by atoms with Gasteiger partial charge in [0.05, 0.1) is 4.88 Å². The second-order valence-electron chi connectivity index (χ2n) is 7.78. The van der Waals surface area contributed by atoms with Crippen LogP contribution < -0.4 is 10.2 Å². The number of benzene rings is 2. The molecule has 3 aromatic rings. The predicted molar refractivity (Wildman–Crippen MR) is 122 cm³/mol. The number of nitrogens with zero attached hydrogens (tertiary/aromatic N) is 1. The summed E-state index contributed by atoms with van der Waals surface area (Å²) < 4.78 is 0. The molecule has 1 N–H and O–H groups in total. The summed E-state index contributed by atoms with van der Waals surface area (Å²) in [5.74, 6) is 0.734. The Kier molecular flexibility index (Phi) is 6.43. The number of anilines is 1. The van der Waals surface area contributed by atoms with E-state index in [9.17, 15) is 4.79 Å². The lowest BCUT2D eigenvalue weighted by molar-refractivity contribution is 0.0961. The molecule has 0 saturated carbocycles. The van der Waals surface area contributed by atoms with Crippen LogP contribution in [0.25, 0.3) is 0 Å². The first-order chi connectivity index (χ1) is 14.3. The van der Waals surface area contributed by atoms with E-state index in [0.717, 1.165) is 36.5 Å². The van der Waals surface area contributed by atoms with Crippen molar-refractivity contribution in [3.8, 4) is 0 Å². The maximum atomic E-state index is 13.7. The number of hydrogen-bond acceptors (Lipinski definition) is 3. The quantitative estimate of drug-likeness (QED) is 0.583.